The molecule has 2 aromatic rings. The van der Waals surface area contributed by atoms with E-state index in [1.165, 1.54) is 12.7 Å². The molecule has 0 amide bonds. The highest BCUT2D eigenvalue weighted by molar-refractivity contribution is 5.81. The van der Waals surface area contributed by atoms with Crippen molar-refractivity contribution in [2.75, 3.05) is 5.73 Å². The molecule has 0 bridgehead atoms. The Morgan fingerprint density at radius 3 is 2.76 bits per heavy atom. The van der Waals surface area contributed by atoms with Gasteiger partial charge in [0.05, 0.1) is 6.33 Å². The Bertz CT molecular complexity index is 705. The fourth-order valence-electron chi connectivity index (χ4n) is 3.20. The van der Waals surface area contributed by atoms with Crippen molar-refractivity contribution in [3.8, 4) is 0 Å². The summed E-state index contributed by atoms with van der Waals surface area (Å²) in [7, 11) is 0. The largest absolute Gasteiger partial charge is 0.387 e. The van der Waals surface area contributed by atoms with Crippen molar-refractivity contribution >= 4 is 17.0 Å². The van der Waals surface area contributed by atoms with E-state index in [0.29, 0.717) is 17.6 Å². The second-order valence-electron chi connectivity index (χ2n) is 5.63. The van der Waals surface area contributed by atoms with Crippen LogP contribution in [0.25, 0.3) is 11.2 Å². The second-order valence-corrected chi connectivity index (χ2v) is 5.63. The lowest BCUT2D eigenvalue weighted by atomic mass is 9.71. The van der Waals surface area contributed by atoms with E-state index in [4.69, 9.17) is 16.2 Å². The minimum atomic E-state index is -1.11. The van der Waals surface area contributed by atoms with Gasteiger partial charge in [0.2, 0.25) is 0 Å². The van der Waals surface area contributed by atoms with Gasteiger partial charge in [-0.3, -0.25) is 4.57 Å². The first-order valence-corrected chi connectivity index (χ1v) is 6.77. The number of anilines is 1. The van der Waals surface area contributed by atoms with Crippen LogP contribution in [0.15, 0.2) is 12.7 Å². The fourth-order valence-corrected chi connectivity index (χ4v) is 3.20. The number of rotatable bonds is 1. The highest BCUT2D eigenvalue weighted by Gasteiger charge is 2.62. The maximum atomic E-state index is 10.3. The van der Waals surface area contributed by atoms with Crippen molar-refractivity contribution < 1.29 is 14.9 Å². The summed E-state index contributed by atoms with van der Waals surface area (Å²) in [6, 6.07) is -0.290. The molecule has 2 fully saturated rings. The van der Waals surface area contributed by atoms with Crippen LogP contribution >= 0.6 is 0 Å². The minimum Gasteiger partial charge on any atom is -0.387 e. The van der Waals surface area contributed by atoms with Gasteiger partial charge in [0.25, 0.3) is 0 Å². The van der Waals surface area contributed by atoms with Crippen LogP contribution in [0.4, 0.5) is 5.82 Å². The van der Waals surface area contributed by atoms with E-state index in [1.54, 1.807) is 4.57 Å². The Balaban J connectivity index is 1.78. The van der Waals surface area contributed by atoms with Gasteiger partial charge >= 0.3 is 0 Å². The molecule has 1 saturated carbocycles. The summed E-state index contributed by atoms with van der Waals surface area (Å²) in [6.45, 7) is 0. The number of imidazole rings is 1. The number of hydrogen-bond acceptors (Lipinski definition) is 8. The molecule has 6 N–H and O–H groups in total. The molecule has 3 heterocycles. The maximum absolute atomic E-state index is 10.3. The number of aliphatic hydroxyl groups excluding tert-OH is 2. The van der Waals surface area contributed by atoms with Crippen LogP contribution in [-0.4, -0.2) is 53.6 Å². The third-order valence-electron chi connectivity index (χ3n) is 4.59. The van der Waals surface area contributed by atoms with Crippen LogP contribution in [0.5, 0.6) is 0 Å². The quantitative estimate of drug-likeness (QED) is 0.498. The molecule has 9 nitrogen and oxygen atoms in total. The number of aliphatic hydroxyl groups is 2. The molecule has 112 valence electrons. The topological polar surface area (TPSA) is 145 Å². The SMILES string of the molecule is Nc1ncnc2c1ncn2C1O[C@]2(CC[C@@H]2N)C(O)[C@@H]1O. The number of nitrogen functional groups attached to an aromatic ring is 1. The van der Waals surface area contributed by atoms with Gasteiger partial charge in [0, 0.05) is 6.04 Å². The normalized spacial score (nSPS) is 39.0. The highest BCUT2D eigenvalue weighted by Crippen LogP contribution is 2.48. The lowest BCUT2D eigenvalue weighted by molar-refractivity contribution is -0.158. The first kappa shape index (κ1) is 12.9. The lowest BCUT2D eigenvalue weighted by Gasteiger charge is -2.46. The van der Waals surface area contributed by atoms with Crippen molar-refractivity contribution in [2.45, 2.75) is 42.9 Å². The standard InChI is InChI=1S/C12H16N6O3/c13-5-1-2-12(5)8(20)7(19)11(21-12)18-4-17-6-9(14)15-3-16-10(6)18/h3-5,7-8,11,19-20H,1-2,13H2,(H2,14,15,16)/t5-,7-,8?,11?,12-/m0/s1. The molecule has 2 aliphatic rings. The van der Waals surface area contributed by atoms with Crippen LogP contribution in [0.3, 0.4) is 0 Å². The summed E-state index contributed by atoms with van der Waals surface area (Å²) < 4.78 is 7.47. The summed E-state index contributed by atoms with van der Waals surface area (Å²) in [5, 5.41) is 20.6. The monoisotopic (exact) mass is 292 g/mol. The second kappa shape index (κ2) is 4.10. The molecule has 1 aliphatic carbocycles. The van der Waals surface area contributed by atoms with Crippen molar-refractivity contribution in [3.05, 3.63) is 12.7 Å². The summed E-state index contributed by atoms with van der Waals surface area (Å²) in [4.78, 5) is 12.1. The predicted molar refractivity (Wildman–Crippen MR) is 71.8 cm³/mol. The van der Waals surface area contributed by atoms with Crippen molar-refractivity contribution in [2.24, 2.45) is 5.73 Å². The molecule has 1 spiro atoms. The zero-order valence-corrected chi connectivity index (χ0v) is 11.1. The number of fused-ring (bicyclic) bond motifs is 1. The molecule has 1 aliphatic heterocycles. The average Bonchev–Trinajstić information content (AvgIpc) is 3.01. The van der Waals surface area contributed by atoms with E-state index in [1.807, 2.05) is 0 Å². The molecule has 2 unspecified atom stereocenters. The minimum absolute atomic E-state index is 0.252. The van der Waals surface area contributed by atoms with Crippen LogP contribution in [0.1, 0.15) is 19.1 Å². The first-order valence-electron chi connectivity index (χ1n) is 6.77. The molecule has 5 atom stereocenters. The van der Waals surface area contributed by atoms with Gasteiger partial charge in [-0.15, -0.1) is 0 Å². The third kappa shape index (κ3) is 1.51. The fraction of sp³-hybridized carbons (Fsp3) is 0.583. The van der Waals surface area contributed by atoms with Gasteiger partial charge < -0.3 is 26.4 Å². The van der Waals surface area contributed by atoms with E-state index in [9.17, 15) is 10.2 Å². The number of nitrogens with zero attached hydrogens (tertiary/aromatic N) is 4. The number of ether oxygens (including phenoxy) is 1. The average molecular weight is 292 g/mol. The Hall–Kier alpha value is -1.81. The zero-order chi connectivity index (χ0) is 14.8. The molecular formula is C12H16N6O3. The molecule has 4 rings (SSSR count). The maximum Gasteiger partial charge on any atom is 0.167 e. The first-order chi connectivity index (χ1) is 10.0. The number of nitrogens with two attached hydrogens (primary N) is 2. The van der Waals surface area contributed by atoms with Gasteiger partial charge in [-0.25, -0.2) is 15.0 Å². The third-order valence-corrected chi connectivity index (χ3v) is 4.59. The van der Waals surface area contributed by atoms with Gasteiger partial charge in [-0.05, 0) is 12.8 Å². The van der Waals surface area contributed by atoms with Crippen LogP contribution in [0, 0.1) is 0 Å². The van der Waals surface area contributed by atoms with Gasteiger partial charge in [-0.1, -0.05) is 0 Å². The Kier molecular flexibility index (Phi) is 2.52. The summed E-state index contributed by atoms with van der Waals surface area (Å²) in [6.07, 6.45) is 1.22. The molecule has 9 heteroatoms. The number of hydrogen-bond donors (Lipinski definition) is 4. The molecule has 1 saturated heterocycles. The summed E-state index contributed by atoms with van der Waals surface area (Å²) in [5.74, 6) is 0.252. The van der Waals surface area contributed by atoms with E-state index >= 15 is 0 Å². The van der Waals surface area contributed by atoms with Crippen LogP contribution in [-0.2, 0) is 4.74 Å². The van der Waals surface area contributed by atoms with E-state index in [2.05, 4.69) is 15.0 Å². The smallest absolute Gasteiger partial charge is 0.167 e. The van der Waals surface area contributed by atoms with Crippen LogP contribution in [0.2, 0.25) is 0 Å². The van der Waals surface area contributed by atoms with E-state index in [0.717, 1.165) is 6.42 Å². The van der Waals surface area contributed by atoms with E-state index < -0.39 is 24.0 Å². The molecule has 0 radical (unpaired) electrons. The van der Waals surface area contributed by atoms with Crippen LogP contribution < -0.4 is 11.5 Å². The molecule has 21 heavy (non-hydrogen) atoms. The Morgan fingerprint density at radius 2 is 2.14 bits per heavy atom. The Morgan fingerprint density at radius 1 is 1.33 bits per heavy atom. The molecular weight excluding hydrogens is 276 g/mol. The number of aromatic nitrogens is 4. The van der Waals surface area contributed by atoms with E-state index in [-0.39, 0.29) is 11.9 Å². The van der Waals surface area contributed by atoms with Gasteiger partial charge in [0.15, 0.2) is 17.7 Å². The van der Waals surface area contributed by atoms with Crippen molar-refractivity contribution in [3.63, 3.8) is 0 Å². The van der Waals surface area contributed by atoms with Gasteiger partial charge in [-0.2, -0.15) is 0 Å². The summed E-state index contributed by atoms with van der Waals surface area (Å²) >= 11 is 0. The van der Waals surface area contributed by atoms with Crippen molar-refractivity contribution in [1.82, 2.24) is 19.5 Å². The highest BCUT2D eigenvalue weighted by atomic mass is 16.6. The molecule has 0 aromatic carbocycles. The van der Waals surface area contributed by atoms with Gasteiger partial charge in [0.1, 0.15) is 29.7 Å². The lowest BCUT2D eigenvalue weighted by Crippen LogP contribution is -2.63. The summed E-state index contributed by atoms with van der Waals surface area (Å²) in [5.41, 5.74) is 11.7. The zero-order valence-electron chi connectivity index (χ0n) is 11.1. The molecule has 2 aromatic heterocycles. The predicted octanol–water partition coefficient (Wildman–Crippen LogP) is -1.48. The Labute approximate surface area is 119 Å². The van der Waals surface area contributed by atoms with Crippen molar-refractivity contribution in [1.29, 1.82) is 0 Å².